The van der Waals surface area contributed by atoms with E-state index in [2.05, 4.69) is 0 Å². The van der Waals surface area contributed by atoms with Gasteiger partial charge in [0.25, 0.3) is 0 Å². The fourth-order valence-electron chi connectivity index (χ4n) is 2.27. The summed E-state index contributed by atoms with van der Waals surface area (Å²) >= 11 is 0. The van der Waals surface area contributed by atoms with Crippen molar-refractivity contribution in [2.45, 2.75) is 44.2 Å². The van der Waals surface area contributed by atoms with Gasteiger partial charge in [-0.1, -0.05) is 6.42 Å². The van der Waals surface area contributed by atoms with Crippen LogP contribution in [0.5, 0.6) is 0 Å². The Morgan fingerprint density at radius 1 is 1.50 bits per heavy atom. The molecule has 0 aromatic carbocycles. The van der Waals surface area contributed by atoms with Gasteiger partial charge in [0.05, 0.1) is 0 Å². The Labute approximate surface area is 96.8 Å². The molecule has 1 heterocycles. The van der Waals surface area contributed by atoms with Gasteiger partial charge in [-0.2, -0.15) is 0 Å². The molecule has 94 valence electrons. The number of carboxylic acids is 1. The van der Waals surface area contributed by atoms with Crippen molar-refractivity contribution in [1.29, 1.82) is 0 Å². The monoisotopic (exact) mass is 229 g/mol. The Bertz CT molecular complexity index is 223. The summed E-state index contributed by atoms with van der Waals surface area (Å²) in [5.74, 6) is -0.716. The van der Waals surface area contributed by atoms with Gasteiger partial charge in [-0.15, -0.1) is 0 Å². The Kier molecular flexibility index (Phi) is 5.73. The average Bonchev–Trinajstić information content (AvgIpc) is 2.66. The molecular formula is C11H23N3O2. The SMILES string of the molecule is NCCCC[C@H](N)CN1CCC[C@H]1C(=O)O. The summed E-state index contributed by atoms with van der Waals surface area (Å²) in [6.45, 7) is 2.26. The molecule has 1 saturated heterocycles. The molecule has 1 rings (SSSR count). The molecule has 0 aromatic rings. The van der Waals surface area contributed by atoms with Gasteiger partial charge >= 0.3 is 5.97 Å². The largest absolute Gasteiger partial charge is 0.480 e. The third-order valence-electron chi connectivity index (χ3n) is 3.15. The van der Waals surface area contributed by atoms with Crippen LogP contribution < -0.4 is 11.5 Å². The van der Waals surface area contributed by atoms with E-state index in [-0.39, 0.29) is 12.1 Å². The highest BCUT2D eigenvalue weighted by Gasteiger charge is 2.30. The van der Waals surface area contributed by atoms with E-state index < -0.39 is 5.97 Å². The smallest absolute Gasteiger partial charge is 0.320 e. The van der Waals surface area contributed by atoms with E-state index in [1.165, 1.54) is 0 Å². The predicted octanol–water partition coefficient (Wildman–Crippen LogP) is -0.00830. The number of hydrogen-bond acceptors (Lipinski definition) is 4. The molecule has 1 aliphatic heterocycles. The lowest BCUT2D eigenvalue weighted by atomic mass is 10.1. The van der Waals surface area contributed by atoms with Gasteiger partial charge in [0.1, 0.15) is 6.04 Å². The van der Waals surface area contributed by atoms with Crippen molar-refractivity contribution in [2.24, 2.45) is 11.5 Å². The number of likely N-dealkylation sites (tertiary alicyclic amines) is 1. The summed E-state index contributed by atoms with van der Waals surface area (Å²) in [6.07, 6.45) is 4.68. The van der Waals surface area contributed by atoms with Crippen LogP contribution in [0.25, 0.3) is 0 Å². The van der Waals surface area contributed by atoms with Gasteiger partial charge in [-0.3, -0.25) is 9.69 Å². The molecule has 2 atom stereocenters. The maximum absolute atomic E-state index is 11.0. The van der Waals surface area contributed by atoms with Gasteiger partial charge in [-0.25, -0.2) is 0 Å². The summed E-state index contributed by atoms with van der Waals surface area (Å²) in [6, 6.07) is -0.243. The van der Waals surface area contributed by atoms with Gasteiger partial charge < -0.3 is 16.6 Å². The zero-order valence-electron chi connectivity index (χ0n) is 9.77. The maximum Gasteiger partial charge on any atom is 0.320 e. The third-order valence-corrected chi connectivity index (χ3v) is 3.15. The number of rotatable bonds is 7. The number of carboxylic acid groups (broad SMARTS) is 1. The van der Waals surface area contributed by atoms with Crippen LogP contribution in [0.3, 0.4) is 0 Å². The molecule has 0 radical (unpaired) electrons. The normalized spacial score (nSPS) is 23.5. The molecule has 16 heavy (non-hydrogen) atoms. The van der Waals surface area contributed by atoms with Crippen molar-refractivity contribution in [1.82, 2.24) is 4.90 Å². The van der Waals surface area contributed by atoms with Crippen LogP contribution in [-0.2, 0) is 4.79 Å². The first kappa shape index (κ1) is 13.4. The zero-order valence-corrected chi connectivity index (χ0v) is 9.77. The van der Waals surface area contributed by atoms with Crippen LogP contribution in [0.15, 0.2) is 0 Å². The Morgan fingerprint density at radius 3 is 2.88 bits per heavy atom. The fourth-order valence-corrected chi connectivity index (χ4v) is 2.27. The molecule has 0 saturated carbocycles. The molecule has 0 aromatic heterocycles. The van der Waals surface area contributed by atoms with Crippen LogP contribution >= 0.6 is 0 Å². The first-order valence-electron chi connectivity index (χ1n) is 6.07. The lowest BCUT2D eigenvalue weighted by Gasteiger charge is -2.24. The Hall–Kier alpha value is -0.650. The van der Waals surface area contributed by atoms with Crippen molar-refractivity contribution in [3.05, 3.63) is 0 Å². The predicted molar refractivity (Wildman–Crippen MR) is 63.1 cm³/mol. The van der Waals surface area contributed by atoms with E-state index in [0.717, 1.165) is 38.6 Å². The van der Waals surface area contributed by atoms with Crippen LogP contribution in [0.1, 0.15) is 32.1 Å². The molecule has 5 heteroatoms. The minimum absolute atomic E-state index is 0.0755. The maximum atomic E-state index is 11.0. The molecule has 0 aliphatic carbocycles. The van der Waals surface area contributed by atoms with Crippen molar-refractivity contribution in [3.8, 4) is 0 Å². The minimum Gasteiger partial charge on any atom is -0.480 e. The van der Waals surface area contributed by atoms with Crippen molar-refractivity contribution in [3.63, 3.8) is 0 Å². The molecule has 0 amide bonds. The van der Waals surface area contributed by atoms with Crippen LogP contribution in [0.2, 0.25) is 0 Å². The van der Waals surface area contributed by atoms with Crippen molar-refractivity contribution >= 4 is 5.97 Å². The molecule has 1 fully saturated rings. The number of nitrogens with two attached hydrogens (primary N) is 2. The number of hydrogen-bond donors (Lipinski definition) is 3. The molecule has 0 bridgehead atoms. The first-order valence-corrected chi connectivity index (χ1v) is 6.07. The van der Waals surface area contributed by atoms with E-state index in [0.29, 0.717) is 13.1 Å². The number of carbonyl (C=O) groups is 1. The first-order chi connectivity index (χ1) is 7.65. The summed E-state index contributed by atoms with van der Waals surface area (Å²) < 4.78 is 0. The van der Waals surface area contributed by atoms with Crippen molar-refractivity contribution < 1.29 is 9.90 Å². The lowest BCUT2D eigenvalue weighted by Crippen LogP contribution is -2.43. The molecule has 0 spiro atoms. The highest BCUT2D eigenvalue weighted by Crippen LogP contribution is 2.17. The zero-order chi connectivity index (χ0) is 12.0. The second-order valence-corrected chi connectivity index (χ2v) is 4.54. The van der Waals surface area contributed by atoms with E-state index in [1.807, 2.05) is 4.90 Å². The van der Waals surface area contributed by atoms with E-state index in [1.54, 1.807) is 0 Å². The van der Waals surface area contributed by atoms with E-state index >= 15 is 0 Å². The van der Waals surface area contributed by atoms with Crippen LogP contribution in [-0.4, -0.2) is 47.7 Å². The second kappa shape index (κ2) is 6.83. The average molecular weight is 229 g/mol. The summed E-state index contributed by atoms with van der Waals surface area (Å²) in [5.41, 5.74) is 11.4. The van der Waals surface area contributed by atoms with E-state index in [4.69, 9.17) is 16.6 Å². The van der Waals surface area contributed by atoms with Gasteiger partial charge in [-0.05, 0) is 38.8 Å². The molecule has 0 unspecified atom stereocenters. The lowest BCUT2D eigenvalue weighted by molar-refractivity contribution is -0.142. The molecule has 1 aliphatic rings. The summed E-state index contributed by atoms with van der Waals surface area (Å²) in [5, 5.41) is 9.01. The Morgan fingerprint density at radius 2 is 2.25 bits per heavy atom. The van der Waals surface area contributed by atoms with Crippen LogP contribution in [0.4, 0.5) is 0 Å². The minimum atomic E-state index is -0.716. The number of nitrogens with zero attached hydrogens (tertiary/aromatic N) is 1. The van der Waals surface area contributed by atoms with Crippen LogP contribution in [0, 0.1) is 0 Å². The van der Waals surface area contributed by atoms with Gasteiger partial charge in [0.2, 0.25) is 0 Å². The van der Waals surface area contributed by atoms with Gasteiger partial charge in [0.15, 0.2) is 0 Å². The number of aliphatic carboxylic acids is 1. The third kappa shape index (κ3) is 4.08. The highest BCUT2D eigenvalue weighted by atomic mass is 16.4. The Balaban J connectivity index is 2.26. The highest BCUT2D eigenvalue weighted by molar-refractivity contribution is 5.73. The molecular weight excluding hydrogens is 206 g/mol. The van der Waals surface area contributed by atoms with Gasteiger partial charge in [0, 0.05) is 12.6 Å². The van der Waals surface area contributed by atoms with Crippen molar-refractivity contribution in [2.75, 3.05) is 19.6 Å². The standard InChI is InChI=1S/C11H23N3O2/c12-6-2-1-4-9(13)8-14-7-3-5-10(14)11(15)16/h9-10H,1-8,12-13H2,(H,15,16)/t9-,10-/m0/s1. The summed E-state index contributed by atoms with van der Waals surface area (Å²) in [4.78, 5) is 13.0. The molecule has 5 nitrogen and oxygen atoms in total. The number of unbranched alkanes of at least 4 members (excludes halogenated alkanes) is 1. The molecule has 5 N–H and O–H groups in total. The summed E-state index contributed by atoms with van der Waals surface area (Å²) in [7, 11) is 0. The second-order valence-electron chi connectivity index (χ2n) is 4.54. The fraction of sp³-hybridized carbons (Fsp3) is 0.909. The topological polar surface area (TPSA) is 92.6 Å². The van der Waals surface area contributed by atoms with E-state index in [9.17, 15) is 4.79 Å². The quantitative estimate of drug-likeness (QED) is 0.534.